The van der Waals surface area contributed by atoms with Crippen LogP contribution in [0.5, 0.6) is 0 Å². The Bertz CT molecular complexity index is 1520. The lowest BCUT2D eigenvalue weighted by molar-refractivity contribution is -0.130. The van der Waals surface area contributed by atoms with Crippen LogP contribution in [-0.2, 0) is 9.59 Å². The van der Waals surface area contributed by atoms with Gasteiger partial charge in [-0.1, -0.05) is 48.5 Å². The standard InChI is InChI=1S/C27H20N6O3S2/c34-23(32-28-15-21-24(35)31-27(37)33(25(21)36)20-9-5-2-6-10-20)18-11-13-19(14-12-18)29-26-30-22(16-38-26)17-7-3-1-4-8-17/h1-16,21H,(H,29,30)(H,32,34)(H,31,35,37). The molecule has 1 aliphatic heterocycles. The SMILES string of the molecule is O=C(NN=CC1C(=O)NC(=S)N(c2ccccc2)C1=O)c1ccc(Nc2nc(-c3ccccc3)cs2)cc1. The van der Waals surface area contributed by atoms with E-state index in [1.807, 2.05) is 35.7 Å². The number of para-hydroxylation sites is 1. The van der Waals surface area contributed by atoms with Gasteiger partial charge < -0.3 is 10.6 Å². The molecule has 2 heterocycles. The van der Waals surface area contributed by atoms with E-state index in [9.17, 15) is 14.4 Å². The summed E-state index contributed by atoms with van der Waals surface area (Å²) >= 11 is 6.64. The van der Waals surface area contributed by atoms with E-state index < -0.39 is 23.6 Å². The van der Waals surface area contributed by atoms with Gasteiger partial charge in [-0.3, -0.25) is 19.3 Å². The second-order valence-electron chi connectivity index (χ2n) is 8.11. The highest BCUT2D eigenvalue weighted by atomic mass is 32.1. The molecule has 0 spiro atoms. The molecular weight excluding hydrogens is 520 g/mol. The minimum Gasteiger partial charge on any atom is -0.332 e. The summed E-state index contributed by atoms with van der Waals surface area (Å²) in [6.07, 6.45) is 1.09. The number of amides is 3. The van der Waals surface area contributed by atoms with Crippen molar-refractivity contribution in [1.29, 1.82) is 0 Å². The Morgan fingerprint density at radius 2 is 1.68 bits per heavy atom. The lowest BCUT2D eigenvalue weighted by Crippen LogP contribution is -2.58. The van der Waals surface area contributed by atoms with Gasteiger partial charge in [-0.25, -0.2) is 10.4 Å². The third-order valence-electron chi connectivity index (χ3n) is 5.58. The summed E-state index contributed by atoms with van der Waals surface area (Å²) in [4.78, 5) is 43.6. The predicted molar refractivity (Wildman–Crippen MR) is 151 cm³/mol. The van der Waals surface area contributed by atoms with Gasteiger partial charge in [0.05, 0.1) is 11.4 Å². The van der Waals surface area contributed by atoms with Gasteiger partial charge in [0.2, 0.25) is 5.91 Å². The molecule has 3 aromatic carbocycles. The van der Waals surface area contributed by atoms with Gasteiger partial charge in [-0.05, 0) is 48.6 Å². The average molecular weight is 541 g/mol. The van der Waals surface area contributed by atoms with Gasteiger partial charge in [0.1, 0.15) is 0 Å². The van der Waals surface area contributed by atoms with E-state index in [1.165, 1.54) is 16.2 Å². The Labute approximate surface area is 227 Å². The summed E-state index contributed by atoms with van der Waals surface area (Å²) in [6, 6.07) is 25.4. The number of carbonyl (C=O) groups excluding carboxylic acids is 3. The van der Waals surface area contributed by atoms with Crippen LogP contribution in [0.3, 0.4) is 0 Å². The van der Waals surface area contributed by atoms with Gasteiger partial charge in [0, 0.05) is 28.4 Å². The van der Waals surface area contributed by atoms with E-state index in [0.717, 1.165) is 28.3 Å². The first-order chi connectivity index (χ1) is 18.5. The van der Waals surface area contributed by atoms with Crippen LogP contribution in [-0.4, -0.2) is 34.0 Å². The molecule has 38 heavy (non-hydrogen) atoms. The smallest absolute Gasteiger partial charge is 0.271 e. The molecule has 0 saturated carbocycles. The van der Waals surface area contributed by atoms with E-state index in [4.69, 9.17) is 12.2 Å². The van der Waals surface area contributed by atoms with Crippen LogP contribution in [0.4, 0.5) is 16.5 Å². The second kappa shape index (κ2) is 11.1. The monoisotopic (exact) mass is 540 g/mol. The maximum atomic E-state index is 12.9. The topological polar surface area (TPSA) is 116 Å². The number of thiocarbonyl (C=S) groups is 1. The zero-order valence-electron chi connectivity index (χ0n) is 19.7. The van der Waals surface area contributed by atoms with E-state index in [1.54, 1.807) is 54.6 Å². The summed E-state index contributed by atoms with van der Waals surface area (Å²) in [6.45, 7) is 0. The number of anilines is 3. The van der Waals surface area contributed by atoms with Gasteiger partial charge in [0.25, 0.3) is 11.8 Å². The average Bonchev–Trinajstić information content (AvgIpc) is 3.40. The zero-order valence-corrected chi connectivity index (χ0v) is 21.3. The van der Waals surface area contributed by atoms with Crippen LogP contribution in [0.2, 0.25) is 0 Å². The number of hydrogen-bond donors (Lipinski definition) is 3. The normalized spacial score (nSPS) is 15.4. The van der Waals surface area contributed by atoms with Crippen molar-refractivity contribution >= 4 is 69.1 Å². The summed E-state index contributed by atoms with van der Waals surface area (Å²) < 4.78 is 0. The van der Waals surface area contributed by atoms with Crippen molar-refractivity contribution in [2.45, 2.75) is 0 Å². The molecule has 1 unspecified atom stereocenters. The minimum absolute atomic E-state index is 0.0115. The highest BCUT2D eigenvalue weighted by Gasteiger charge is 2.38. The number of nitrogens with one attached hydrogen (secondary N) is 3. The Balaban J connectivity index is 1.19. The molecule has 0 bridgehead atoms. The van der Waals surface area contributed by atoms with Crippen LogP contribution in [0, 0.1) is 5.92 Å². The van der Waals surface area contributed by atoms with Gasteiger partial charge >= 0.3 is 0 Å². The first kappa shape index (κ1) is 24.9. The van der Waals surface area contributed by atoms with E-state index >= 15 is 0 Å². The lowest BCUT2D eigenvalue weighted by atomic mass is 10.1. The molecule has 0 radical (unpaired) electrons. The predicted octanol–water partition coefficient (Wildman–Crippen LogP) is 4.33. The molecule has 9 nitrogen and oxygen atoms in total. The van der Waals surface area contributed by atoms with Crippen LogP contribution >= 0.6 is 23.6 Å². The number of hydrazone groups is 1. The third-order valence-corrected chi connectivity index (χ3v) is 6.62. The first-order valence-corrected chi connectivity index (χ1v) is 12.7. The number of aromatic nitrogens is 1. The third kappa shape index (κ3) is 5.48. The fourth-order valence-corrected chi connectivity index (χ4v) is 4.72. The molecule has 188 valence electrons. The fraction of sp³-hybridized carbons (Fsp3) is 0.0370. The molecule has 1 atom stereocenters. The second-order valence-corrected chi connectivity index (χ2v) is 9.35. The Kier molecular flexibility index (Phi) is 7.29. The summed E-state index contributed by atoms with van der Waals surface area (Å²) in [7, 11) is 0. The highest BCUT2D eigenvalue weighted by molar-refractivity contribution is 7.80. The van der Waals surface area contributed by atoms with E-state index in [0.29, 0.717) is 11.3 Å². The Morgan fingerprint density at radius 3 is 2.39 bits per heavy atom. The lowest BCUT2D eigenvalue weighted by Gasteiger charge is -2.30. The van der Waals surface area contributed by atoms with Crippen molar-refractivity contribution < 1.29 is 14.4 Å². The molecular formula is C27H20N6O3S2. The molecule has 1 fully saturated rings. The van der Waals surface area contributed by atoms with Gasteiger partial charge in [0.15, 0.2) is 16.2 Å². The van der Waals surface area contributed by atoms with Crippen molar-refractivity contribution in [3.63, 3.8) is 0 Å². The maximum Gasteiger partial charge on any atom is 0.271 e. The largest absolute Gasteiger partial charge is 0.332 e. The van der Waals surface area contributed by atoms with Crippen LogP contribution < -0.4 is 21.0 Å². The van der Waals surface area contributed by atoms with Gasteiger partial charge in [-0.15, -0.1) is 11.3 Å². The Morgan fingerprint density at radius 1 is 1.00 bits per heavy atom. The fourth-order valence-electron chi connectivity index (χ4n) is 3.68. The van der Waals surface area contributed by atoms with Crippen LogP contribution in [0.15, 0.2) is 95.4 Å². The number of benzene rings is 3. The quantitative estimate of drug-likeness (QED) is 0.139. The molecule has 11 heteroatoms. The van der Waals surface area contributed by atoms with Crippen molar-refractivity contribution in [2.24, 2.45) is 11.0 Å². The molecule has 1 saturated heterocycles. The minimum atomic E-state index is -1.24. The van der Waals surface area contributed by atoms with Crippen LogP contribution in [0.25, 0.3) is 11.3 Å². The zero-order chi connectivity index (χ0) is 26.5. The van der Waals surface area contributed by atoms with Crippen molar-refractivity contribution in [1.82, 2.24) is 15.7 Å². The van der Waals surface area contributed by atoms with E-state index in [2.05, 4.69) is 26.1 Å². The molecule has 5 rings (SSSR count). The number of nitrogens with zero attached hydrogens (tertiary/aromatic N) is 3. The summed E-state index contributed by atoms with van der Waals surface area (Å²) in [5.41, 5.74) is 5.91. The molecule has 1 aromatic heterocycles. The summed E-state index contributed by atoms with van der Waals surface area (Å²) in [5, 5.41) is 12.3. The van der Waals surface area contributed by atoms with Crippen molar-refractivity contribution in [3.05, 3.63) is 95.9 Å². The van der Waals surface area contributed by atoms with Crippen molar-refractivity contribution in [3.8, 4) is 11.3 Å². The number of hydrogen-bond acceptors (Lipinski definition) is 8. The Hall–Kier alpha value is -4.74. The van der Waals surface area contributed by atoms with Gasteiger partial charge in [-0.2, -0.15) is 5.10 Å². The number of carbonyl (C=O) groups is 3. The molecule has 3 N–H and O–H groups in total. The molecule has 0 aliphatic carbocycles. The number of rotatable bonds is 7. The molecule has 1 aliphatic rings. The first-order valence-electron chi connectivity index (χ1n) is 11.4. The van der Waals surface area contributed by atoms with Crippen molar-refractivity contribution in [2.75, 3.05) is 10.2 Å². The summed E-state index contributed by atoms with van der Waals surface area (Å²) in [5.74, 6) is -2.91. The maximum absolute atomic E-state index is 12.9. The number of thiazole rings is 1. The van der Waals surface area contributed by atoms with E-state index in [-0.39, 0.29) is 5.11 Å². The molecule has 3 amide bonds. The highest BCUT2D eigenvalue weighted by Crippen LogP contribution is 2.27. The van der Waals surface area contributed by atoms with Crippen LogP contribution in [0.1, 0.15) is 10.4 Å². The molecule has 4 aromatic rings.